The predicted octanol–water partition coefficient (Wildman–Crippen LogP) is 5.64. The average Bonchev–Trinajstić information content (AvgIpc) is 2.93. The van der Waals surface area contributed by atoms with E-state index in [2.05, 4.69) is 31.5 Å². The van der Waals surface area contributed by atoms with Gasteiger partial charge in [0.05, 0.1) is 23.4 Å². The van der Waals surface area contributed by atoms with E-state index >= 15 is 0 Å². The molecule has 1 saturated heterocycles. The Morgan fingerprint density at radius 1 is 1.05 bits per heavy atom. The van der Waals surface area contributed by atoms with Crippen LogP contribution in [0.5, 0.6) is 0 Å². The highest BCUT2D eigenvalue weighted by Crippen LogP contribution is 2.26. The van der Waals surface area contributed by atoms with Crippen LogP contribution < -0.4 is 16.4 Å². The van der Waals surface area contributed by atoms with E-state index in [9.17, 15) is 14.7 Å². The molecule has 3 aromatic rings. The number of rotatable bonds is 10. The lowest BCUT2D eigenvalue weighted by molar-refractivity contribution is -0.117. The number of halogens is 1. The number of hydrogen-bond donors (Lipinski definition) is 4. The maximum Gasteiger partial charge on any atom is 0.248 e. The van der Waals surface area contributed by atoms with Crippen LogP contribution in [-0.4, -0.2) is 47.6 Å². The Bertz CT molecular complexity index is 1280. The van der Waals surface area contributed by atoms with Gasteiger partial charge < -0.3 is 26.4 Å². The molecule has 1 heterocycles. The van der Waals surface area contributed by atoms with Crippen LogP contribution >= 0.6 is 15.9 Å². The molecule has 2 atom stereocenters. The number of carbonyl (C=O) groups is 2. The van der Waals surface area contributed by atoms with E-state index in [0.717, 1.165) is 53.6 Å². The summed E-state index contributed by atoms with van der Waals surface area (Å²) in [5, 5.41) is 15.8. The molecule has 8 heteroatoms. The van der Waals surface area contributed by atoms with Crippen molar-refractivity contribution in [2.75, 3.05) is 36.0 Å². The Hall–Kier alpha value is -3.46. The molecule has 0 saturated carbocycles. The fraction of sp³-hybridized carbons (Fsp3) is 0.290. The van der Waals surface area contributed by atoms with Crippen molar-refractivity contribution in [3.63, 3.8) is 0 Å². The normalized spacial score (nSPS) is 16.6. The summed E-state index contributed by atoms with van der Waals surface area (Å²) >= 11 is 3.43. The third-order valence-electron chi connectivity index (χ3n) is 6.86. The number of nitrogens with one attached hydrogen (secondary N) is 2. The molecule has 204 valence electrons. The lowest BCUT2D eigenvalue weighted by atomic mass is 9.92. The highest BCUT2D eigenvalue weighted by atomic mass is 79.9. The van der Waals surface area contributed by atoms with Crippen molar-refractivity contribution >= 4 is 50.9 Å². The van der Waals surface area contributed by atoms with Crippen LogP contribution in [0.2, 0.25) is 0 Å². The Balaban J connectivity index is 1.41. The molecule has 0 radical (unpaired) electrons. The van der Waals surface area contributed by atoms with Gasteiger partial charge >= 0.3 is 0 Å². The SMILES string of the molecule is Nc1ccccc1NC(=O)/C=C/c1ccc(C(CCCN2CCCC(O)C2)C(=O)Nc2ccc(Br)cc2)cc1. The average molecular weight is 592 g/mol. The number of aliphatic hydroxyl groups is 1. The monoisotopic (exact) mass is 590 g/mol. The lowest BCUT2D eigenvalue weighted by Crippen LogP contribution is -2.38. The zero-order valence-corrected chi connectivity index (χ0v) is 23.4. The summed E-state index contributed by atoms with van der Waals surface area (Å²) in [7, 11) is 0. The first kappa shape index (κ1) is 28.5. The molecule has 5 N–H and O–H groups in total. The van der Waals surface area contributed by atoms with Crippen molar-refractivity contribution in [2.45, 2.75) is 37.7 Å². The van der Waals surface area contributed by atoms with Gasteiger partial charge in [0.1, 0.15) is 0 Å². The van der Waals surface area contributed by atoms with E-state index < -0.39 is 0 Å². The van der Waals surface area contributed by atoms with Crippen molar-refractivity contribution in [1.29, 1.82) is 0 Å². The van der Waals surface area contributed by atoms with Crippen LogP contribution in [0.1, 0.15) is 42.7 Å². The van der Waals surface area contributed by atoms with Gasteiger partial charge in [0, 0.05) is 22.8 Å². The molecule has 2 amide bonds. The fourth-order valence-electron chi connectivity index (χ4n) is 4.76. The van der Waals surface area contributed by atoms with Gasteiger partial charge in [0.25, 0.3) is 0 Å². The number of anilines is 3. The third-order valence-corrected chi connectivity index (χ3v) is 7.39. The first-order chi connectivity index (χ1) is 18.9. The minimum absolute atomic E-state index is 0.0564. The second-order valence-electron chi connectivity index (χ2n) is 9.86. The minimum Gasteiger partial charge on any atom is -0.397 e. The summed E-state index contributed by atoms with van der Waals surface area (Å²) in [6, 6.07) is 22.4. The number of likely N-dealkylation sites (tertiary alicyclic amines) is 1. The van der Waals surface area contributed by atoms with E-state index in [4.69, 9.17) is 5.73 Å². The molecule has 0 aliphatic carbocycles. The molecule has 0 aromatic heterocycles. The van der Waals surface area contributed by atoms with Gasteiger partial charge in [-0.15, -0.1) is 0 Å². The number of carbonyl (C=O) groups excluding carboxylic acids is 2. The zero-order chi connectivity index (χ0) is 27.6. The van der Waals surface area contributed by atoms with Gasteiger partial charge in [-0.2, -0.15) is 0 Å². The van der Waals surface area contributed by atoms with Gasteiger partial charge in [0.15, 0.2) is 0 Å². The summed E-state index contributed by atoms with van der Waals surface area (Å²) in [6.07, 6.45) is 6.32. The molecule has 39 heavy (non-hydrogen) atoms. The number of nitrogens with two attached hydrogens (primary N) is 1. The summed E-state index contributed by atoms with van der Waals surface area (Å²) in [6.45, 7) is 2.53. The van der Waals surface area contributed by atoms with E-state index in [-0.39, 0.29) is 23.8 Å². The Labute approximate surface area is 238 Å². The highest BCUT2D eigenvalue weighted by molar-refractivity contribution is 9.10. The number of nitrogens with zero attached hydrogens (tertiary/aromatic N) is 1. The predicted molar refractivity (Wildman–Crippen MR) is 161 cm³/mol. The Morgan fingerprint density at radius 2 is 1.79 bits per heavy atom. The second kappa shape index (κ2) is 14.1. The number of para-hydroxylation sites is 2. The Kier molecular flexibility index (Phi) is 10.3. The molecule has 2 unspecified atom stereocenters. The topological polar surface area (TPSA) is 108 Å². The molecule has 7 nitrogen and oxygen atoms in total. The zero-order valence-electron chi connectivity index (χ0n) is 21.9. The van der Waals surface area contributed by atoms with Gasteiger partial charge in [-0.1, -0.05) is 52.3 Å². The van der Waals surface area contributed by atoms with Crippen LogP contribution in [0, 0.1) is 0 Å². The summed E-state index contributed by atoms with van der Waals surface area (Å²) in [5.74, 6) is -0.656. The van der Waals surface area contributed by atoms with Crippen LogP contribution in [-0.2, 0) is 9.59 Å². The molecular formula is C31H35BrN4O3. The number of β-amino-alcohol motifs (C(OH)–C–C–N with tert-alkyl or cyclic N) is 1. The van der Waals surface area contributed by atoms with Gasteiger partial charge in [0.2, 0.25) is 11.8 Å². The molecule has 3 aromatic carbocycles. The highest BCUT2D eigenvalue weighted by Gasteiger charge is 2.22. The summed E-state index contributed by atoms with van der Waals surface area (Å²) in [5.41, 5.74) is 9.49. The molecule has 1 fully saturated rings. The van der Waals surface area contributed by atoms with E-state index in [1.807, 2.05) is 60.7 Å². The van der Waals surface area contributed by atoms with Crippen molar-refractivity contribution < 1.29 is 14.7 Å². The van der Waals surface area contributed by atoms with Crippen LogP contribution in [0.4, 0.5) is 17.1 Å². The van der Waals surface area contributed by atoms with Crippen LogP contribution in [0.15, 0.2) is 83.3 Å². The number of benzene rings is 3. The maximum atomic E-state index is 13.4. The number of aliphatic hydroxyl groups excluding tert-OH is 1. The smallest absolute Gasteiger partial charge is 0.248 e. The Morgan fingerprint density at radius 3 is 2.51 bits per heavy atom. The first-order valence-corrected chi connectivity index (χ1v) is 14.1. The second-order valence-corrected chi connectivity index (χ2v) is 10.8. The van der Waals surface area contributed by atoms with Crippen molar-refractivity contribution in [1.82, 2.24) is 4.90 Å². The number of nitrogen functional groups attached to an aromatic ring is 1. The largest absolute Gasteiger partial charge is 0.397 e. The molecule has 1 aliphatic heterocycles. The standard InChI is InChI=1S/C31H35BrN4O3/c32-24-14-16-25(17-15-24)34-31(39)27(6-4-20-36-19-3-5-26(37)21-36)23-12-9-22(10-13-23)11-18-30(38)35-29-8-2-1-7-28(29)33/h1-2,7-18,26-27,37H,3-6,19-21,33H2,(H,34,39)(H,35,38)/b18-11+. The van der Waals surface area contributed by atoms with E-state index in [1.54, 1.807) is 18.2 Å². The van der Waals surface area contributed by atoms with Crippen molar-refractivity contribution in [3.05, 3.63) is 94.5 Å². The van der Waals surface area contributed by atoms with Crippen LogP contribution in [0.3, 0.4) is 0 Å². The summed E-state index contributed by atoms with van der Waals surface area (Å²) in [4.78, 5) is 28.0. The molecule has 4 rings (SSSR count). The van der Waals surface area contributed by atoms with Gasteiger partial charge in [-0.25, -0.2) is 0 Å². The van der Waals surface area contributed by atoms with E-state index in [0.29, 0.717) is 24.3 Å². The molecule has 0 bridgehead atoms. The molecule has 0 spiro atoms. The quantitative estimate of drug-likeness (QED) is 0.180. The first-order valence-electron chi connectivity index (χ1n) is 13.3. The maximum absolute atomic E-state index is 13.4. The number of piperidine rings is 1. The fourth-order valence-corrected chi connectivity index (χ4v) is 5.03. The summed E-state index contributed by atoms with van der Waals surface area (Å²) < 4.78 is 0.949. The third kappa shape index (κ3) is 8.78. The van der Waals surface area contributed by atoms with Crippen LogP contribution in [0.25, 0.3) is 6.08 Å². The van der Waals surface area contributed by atoms with Gasteiger partial charge in [-0.3, -0.25) is 9.59 Å². The number of amides is 2. The van der Waals surface area contributed by atoms with E-state index in [1.165, 1.54) is 6.08 Å². The molecule has 1 aliphatic rings. The van der Waals surface area contributed by atoms with Gasteiger partial charge in [-0.05, 0) is 92.4 Å². The molecular weight excluding hydrogens is 556 g/mol. The van der Waals surface area contributed by atoms with Crippen molar-refractivity contribution in [2.24, 2.45) is 0 Å². The minimum atomic E-state index is -0.328. The van der Waals surface area contributed by atoms with Crippen molar-refractivity contribution in [3.8, 4) is 0 Å². The lowest BCUT2D eigenvalue weighted by Gasteiger charge is -2.30. The number of hydrogen-bond acceptors (Lipinski definition) is 5.